The standard InChI is InChI=1S/C20H36/c1-11-13(3)19(7)10-20(8)14(4)12(2)18(16(20)6)9-17(11)15(19)5/h11-18H,9-10H2,1-8H3/t11?,12?,13-,14?,15?,16?,17+,18-,19?,20-/m0/s1. The van der Waals surface area contributed by atoms with Crippen molar-refractivity contribution in [3.63, 3.8) is 0 Å². The molecule has 10 atom stereocenters. The summed E-state index contributed by atoms with van der Waals surface area (Å²) in [5.74, 6) is 7.42. The molecule has 0 aromatic heterocycles. The van der Waals surface area contributed by atoms with Crippen molar-refractivity contribution < 1.29 is 0 Å². The fourth-order valence-electron chi connectivity index (χ4n) is 7.28. The molecule has 3 rings (SSSR count). The lowest BCUT2D eigenvalue weighted by atomic mass is 9.57. The third-order valence-electron chi connectivity index (χ3n) is 9.68. The Morgan fingerprint density at radius 1 is 0.600 bits per heavy atom. The first-order valence-corrected chi connectivity index (χ1v) is 9.14. The second kappa shape index (κ2) is 4.26. The van der Waals surface area contributed by atoms with Gasteiger partial charge < -0.3 is 0 Å². The summed E-state index contributed by atoms with van der Waals surface area (Å²) in [5.41, 5.74) is 1.13. The molecule has 0 spiro atoms. The molecule has 0 aromatic carbocycles. The molecule has 0 nitrogen and oxygen atoms in total. The first-order valence-electron chi connectivity index (χ1n) is 9.14. The van der Waals surface area contributed by atoms with Gasteiger partial charge in [-0.15, -0.1) is 0 Å². The van der Waals surface area contributed by atoms with Crippen molar-refractivity contribution in [2.24, 2.45) is 58.2 Å². The van der Waals surface area contributed by atoms with Crippen LogP contribution in [-0.2, 0) is 0 Å². The average Bonchev–Trinajstić information content (AvgIpc) is 2.66. The van der Waals surface area contributed by atoms with Gasteiger partial charge in [-0.25, -0.2) is 0 Å². The summed E-state index contributed by atoms with van der Waals surface area (Å²) in [7, 11) is 0. The molecule has 3 saturated carbocycles. The van der Waals surface area contributed by atoms with Crippen molar-refractivity contribution in [1.82, 2.24) is 0 Å². The fourth-order valence-corrected chi connectivity index (χ4v) is 7.28. The molecule has 0 heteroatoms. The van der Waals surface area contributed by atoms with E-state index in [9.17, 15) is 0 Å². The Balaban J connectivity index is 2.09. The molecule has 3 aliphatic rings. The summed E-state index contributed by atoms with van der Waals surface area (Å²) in [5, 5.41) is 0. The quantitative estimate of drug-likeness (QED) is 0.519. The lowest BCUT2D eigenvalue weighted by molar-refractivity contribution is 0.0148. The van der Waals surface area contributed by atoms with Crippen LogP contribution in [0, 0.1) is 58.2 Å². The number of hydrogen-bond donors (Lipinski definition) is 0. The van der Waals surface area contributed by atoms with Crippen LogP contribution in [-0.4, -0.2) is 0 Å². The first kappa shape index (κ1) is 14.9. The van der Waals surface area contributed by atoms with Crippen molar-refractivity contribution in [2.45, 2.75) is 68.2 Å². The smallest absolute Gasteiger partial charge is 0.0264 e. The number of hydrogen-bond acceptors (Lipinski definition) is 0. The Labute approximate surface area is 127 Å². The van der Waals surface area contributed by atoms with Crippen LogP contribution >= 0.6 is 0 Å². The van der Waals surface area contributed by atoms with E-state index in [1.165, 1.54) is 12.8 Å². The third-order valence-corrected chi connectivity index (χ3v) is 9.68. The highest BCUT2D eigenvalue weighted by molar-refractivity contribution is 5.11. The molecule has 0 radical (unpaired) electrons. The van der Waals surface area contributed by atoms with Crippen LogP contribution in [0.5, 0.6) is 0 Å². The normalized spacial score (nSPS) is 66.0. The second-order valence-electron chi connectivity index (χ2n) is 9.62. The predicted octanol–water partition coefficient (Wildman–Crippen LogP) is 5.87. The van der Waals surface area contributed by atoms with E-state index < -0.39 is 0 Å². The molecule has 0 heterocycles. The predicted molar refractivity (Wildman–Crippen MR) is 87.4 cm³/mol. The molecular weight excluding hydrogens is 240 g/mol. The Kier molecular flexibility index (Phi) is 3.18. The monoisotopic (exact) mass is 276 g/mol. The van der Waals surface area contributed by atoms with E-state index in [2.05, 4.69) is 55.4 Å². The first-order chi connectivity index (χ1) is 9.14. The highest BCUT2D eigenvalue weighted by atomic mass is 14.7. The zero-order valence-electron chi connectivity index (χ0n) is 15.0. The van der Waals surface area contributed by atoms with Crippen LogP contribution in [0.25, 0.3) is 0 Å². The van der Waals surface area contributed by atoms with Crippen LogP contribution in [0.4, 0.5) is 0 Å². The minimum Gasteiger partial charge on any atom is -0.0620 e. The number of rotatable bonds is 0. The molecule has 0 aliphatic heterocycles. The van der Waals surface area contributed by atoms with Crippen molar-refractivity contribution in [3.05, 3.63) is 0 Å². The summed E-state index contributed by atoms with van der Waals surface area (Å²) in [6, 6.07) is 0. The summed E-state index contributed by atoms with van der Waals surface area (Å²) in [6.07, 6.45) is 2.97. The van der Waals surface area contributed by atoms with Crippen LogP contribution in [0.1, 0.15) is 68.2 Å². The van der Waals surface area contributed by atoms with Gasteiger partial charge in [-0.3, -0.25) is 0 Å². The summed E-state index contributed by atoms with van der Waals surface area (Å²) in [4.78, 5) is 0. The maximum absolute atomic E-state index is 2.63. The van der Waals surface area contributed by atoms with Gasteiger partial charge in [0.25, 0.3) is 0 Å². The van der Waals surface area contributed by atoms with E-state index in [1.807, 2.05) is 0 Å². The SMILES string of the molecule is CC1C(C)[C@]2(C)CC3(C)C(C)[C@H](C[C@@H]1C2C)C(C)[C@@H]3C. The Morgan fingerprint density at radius 2 is 0.950 bits per heavy atom. The van der Waals surface area contributed by atoms with E-state index in [-0.39, 0.29) is 0 Å². The average molecular weight is 277 g/mol. The van der Waals surface area contributed by atoms with Crippen LogP contribution < -0.4 is 0 Å². The highest BCUT2D eigenvalue weighted by Crippen LogP contribution is 2.69. The molecule has 20 heavy (non-hydrogen) atoms. The molecule has 4 bridgehead atoms. The number of fused-ring (bicyclic) bond motifs is 4. The van der Waals surface area contributed by atoms with E-state index in [0.717, 1.165) is 47.3 Å². The van der Waals surface area contributed by atoms with E-state index in [1.54, 1.807) is 0 Å². The molecule has 3 aliphatic carbocycles. The zero-order valence-corrected chi connectivity index (χ0v) is 15.0. The van der Waals surface area contributed by atoms with Crippen molar-refractivity contribution in [2.75, 3.05) is 0 Å². The maximum Gasteiger partial charge on any atom is -0.0264 e. The van der Waals surface area contributed by atoms with Gasteiger partial charge in [-0.05, 0) is 71.0 Å². The maximum atomic E-state index is 2.63. The lowest BCUT2D eigenvalue weighted by Crippen LogP contribution is -2.40. The van der Waals surface area contributed by atoms with Gasteiger partial charge in [0.1, 0.15) is 0 Å². The zero-order chi connectivity index (χ0) is 15.0. The molecular formula is C20H36. The molecule has 0 saturated heterocycles. The van der Waals surface area contributed by atoms with Gasteiger partial charge in [0.2, 0.25) is 0 Å². The van der Waals surface area contributed by atoms with Gasteiger partial charge in [0.15, 0.2) is 0 Å². The minimum atomic E-state index is 0.566. The lowest BCUT2D eigenvalue weighted by Gasteiger charge is -2.47. The van der Waals surface area contributed by atoms with Gasteiger partial charge in [-0.2, -0.15) is 0 Å². The Hall–Kier alpha value is 0. The van der Waals surface area contributed by atoms with Crippen molar-refractivity contribution in [1.29, 1.82) is 0 Å². The third kappa shape index (κ3) is 1.55. The minimum absolute atomic E-state index is 0.566. The Bertz CT molecular complexity index is 363. The highest BCUT2D eigenvalue weighted by Gasteiger charge is 2.62. The summed E-state index contributed by atoms with van der Waals surface area (Å²) in [6.45, 7) is 20.6. The van der Waals surface area contributed by atoms with Gasteiger partial charge >= 0.3 is 0 Å². The molecule has 0 amide bonds. The van der Waals surface area contributed by atoms with E-state index in [0.29, 0.717) is 10.8 Å². The van der Waals surface area contributed by atoms with E-state index in [4.69, 9.17) is 0 Å². The topological polar surface area (TPSA) is 0 Å². The van der Waals surface area contributed by atoms with Crippen molar-refractivity contribution in [3.8, 4) is 0 Å². The largest absolute Gasteiger partial charge is 0.0620 e. The van der Waals surface area contributed by atoms with E-state index >= 15 is 0 Å². The van der Waals surface area contributed by atoms with Gasteiger partial charge in [0, 0.05) is 0 Å². The molecule has 116 valence electrons. The molecule has 6 unspecified atom stereocenters. The van der Waals surface area contributed by atoms with Crippen LogP contribution in [0.3, 0.4) is 0 Å². The molecule has 3 fully saturated rings. The van der Waals surface area contributed by atoms with Crippen molar-refractivity contribution >= 4 is 0 Å². The second-order valence-corrected chi connectivity index (χ2v) is 9.62. The van der Waals surface area contributed by atoms with Crippen LogP contribution in [0.15, 0.2) is 0 Å². The molecule has 0 N–H and O–H groups in total. The Morgan fingerprint density at radius 3 is 1.30 bits per heavy atom. The fraction of sp³-hybridized carbons (Fsp3) is 1.00. The molecule has 0 aromatic rings. The van der Waals surface area contributed by atoms with Gasteiger partial charge in [0.05, 0.1) is 0 Å². The van der Waals surface area contributed by atoms with Crippen LogP contribution in [0.2, 0.25) is 0 Å². The summed E-state index contributed by atoms with van der Waals surface area (Å²) >= 11 is 0. The summed E-state index contributed by atoms with van der Waals surface area (Å²) < 4.78 is 0. The van der Waals surface area contributed by atoms with Gasteiger partial charge in [-0.1, -0.05) is 55.4 Å².